The Bertz CT molecular complexity index is 561. The van der Waals surface area contributed by atoms with Crippen LogP contribution < -0.4 is 15.4 Å². The molecule has 1 amide bonds. The van der Waals surface area contributed by atoms with Gasteiger partial charge in [0.2, 0.25) is 5.91 Å². The fourth-order valence-electron chi connectivity index (χ4n) is 1.61. The summed E-state index contributed by atoms with van der Waals surface area (Å²) in [6.07, 6.45) is 0.0268. The fraction of sp³-hybridized carbons (Fsp3) is 0.438. The van der Waals surface area contributed by atoms with Gasteiger partial charge in [0.15, 0.2) is 5.11 Å². The SMILES string of the molecule is COC(=O)CCC(=O)NC(=S)Nc1ccccc1OCC(C)C. The number of para-hydroxylation sites is 2. The number of esters is 1. The first-order valence-electron chi connectivity index (χ1n) is 7.31. The normalized spacial score (nSPS) is 10.1. The Balaban J connectivity index is 2.53. The summed E-state index contributed by atoms with van der Waals surface area (Å²) in [6.45, 7) is 4.70. The van der Waals surface area contributed by atoms with Crippen molar-refractivity contribution in [3.8, 4) is 5.75 Å². The molecule has 0 atom stereocenters. The van der Waals surface area contributed by atoms with Gasteiger partial charge in [-0.2, -0.15) is 0 Å². The fourth-order valence-corrected chi connectivity index (χ4v) is 1.84. The van der Waals surface area contributed by atoms with Gasteiger partial charge in [0.1, 0.15) is 5.75 Å². The van der Waals surface area contributed by atoms with E-state index < -0.39 is 5.97 Å². The van der Waals surface area contributed by atoms with Crippen LogP contribution in [0, 0.1) is 5.92 Å². The summed E-state index contributed by atoms with van der Waals surface area (Å²) < 4.78 is 10.2. The maximum atomic E-state index is 11.7. The van der Waals surface area contributed by atoms with Gasteiger partial charge in [0, 0.05) is 6.42 Å². The molecule has 0 bridgehead atoms. The Morgan fingerprint density at radius 3 is 2.57 bits per heavy atom. The minimum atomic E-state index is -0.438. The molecule has 0 aliphatic heterocycles. The predicted molar refractivity (Wildman–Crippen MR) is 92.4 cm³/mol. The van der Waals surface area contributed by atoms with E-state index in [0.717, 1.165) is 0 Å². The lowest BCUT2D eigenvalue weighted by Gasteiger charge is -2.15. The molecule has 7 heteroatoms. The molecule has 0 aromatic heterocycles. The van der Waals surface area contributed by atoms with E-state index in [1.165, 1.54) is 7.11 Å². The second-order valence-corrected chi connectivity index (χ2v) is 5.69. The number of hydrogen-bond donors (Lipinski definition) is 2. The van der Waals surface area contributed by atoms with E-state index >= 15 is 0 Å². The third-order valence-electron chi connectivity index (χ3n) is 2.74. The van der Waals surface area contributed by atoms with Crippen molar-refractivity contribution >= 4 is 34.9 Å². The molecule has 2 N–H and O–H groups in total. The van der Waals surface area contributed by atoms with E-state index in [9.17, 15) is 9.59 Å². The third kappa shape index (κ3) is 7.60. The van der Waals surface area contributed by atoms with Gasteiger partial charge in [-0.3, -0.25) is 9.59 Å². The zero-order valence-corrected chi connectivity index (χ0v) is 14.4. The number of carbonyl (C=O) groups is 2. The number of benzene rings is 1. The minimum Gasteiger partial charge on any atom is -0.491 e. The van der Waals surface area contributed by atoms with Crippen molar-refractivity contribution in [2.45, 2.75) is 26.7 Å². The molecule has 6 nitrogen and oxygen atoms in total. The first kappa shape index (κ1) is 18.9. The largest absolute Gasteiger partial charge is 0.491 e. The van der Waals surface area contributed by atoms with Gasteiger partial charge < -0.3 is 20.1 Å². The van der Waals surface area contributed by atoms with Crippen molar-refractivity contribution in [3.05, 3.63) is 24.3 Å². The number of thiocarbonyl (C=S) groups is 1. The second kappa shape index (κ2) is 9.78. The lowest BCUT2D eigenvalue weighted by atomic mass is 10.2. The first-order chi connectivity index (χ1) is 10.9. The number of hydrogen-bond acceptors (Lipinski definition) is 5. The van der Waals surface area contributed by atoms with Crippen LogP contribution in [0.1, 0.15) is 26.7 Å². The van der Waals surface area contributed by atoms with E-state index in [2.05, 4.69) is 29.2 Å². The average Bonchev–Trinajstić information content (AvgIpc) is 2.51. The zero-order chi connectivity index (χ0) is 17.2. The van der Waals surface area contributed by atoms with E-state index in [0.29, 0.717) is 24.0 Å². The van der Waals surface area contributed by atoms with Crippen LogP contribution in [-0.2, 0) is 14.3 Å². The van der Waals surface area contributed by atoms with Crippen molar-refractivity contribution in [3.63, 3.8) is 0 Å². The predicted octanol–water partition coefficient (Wildman–Crippen LogP) is 2.49. The van der Waals surface area contributed by atoms with E-state index in [1.807, 2.05) is 24.3 Å². The second-order valence-electron chi connectivity index (χ2n) is 5.28. The summed E-state index contributed by atoms with van der Waals surface area (Å²) in [4.78, 5) is 22.7. The summed E-state index contributed by atoms with van der Waals surface area (Å²) in [5.41, 5.74) is 0.673. The number of ether oxygens (including phenoxy) is 2. The van der Waals surface area contributed by atoms with Crippen LogP contribution in [0.25, 0.3) is 0 Å². The lowest BCUT2D eigenvalue weighted by molar-refractivity contribution is -0.142. The maximum absolute atomic E-state index is 11.7. The number of nitrogens with one attached hydrogen (secondary N) is 2. The van der Waals surface area contributed by atoms with Crippen LogP contribution in [0.4, 0.5) is 5.69 Å². The third-order valence-corrected chi connectivity index (χ3v) is 2.95. The van der Waals surface area contributed by atoms with Gasteiger partial charge in [0.25, 0.3) is 0 Å². The first-order valence-corrected chi connectivity index (χ1v) is 7.72. The van der Waals surface area contributed by atoms with Crippen LogP contribution in [0.3, 0.4) is 0 Å². The number of rotatable bonds is 7. The highest BCUT2D eigenvalue weighted by Gasteiger charge is 2.10. The lowest BCUT2D eigenvalue weighted by Crippen LogP contribution is -2.34. The molecule has 1 rings (SSSR count). The van der Waals surface area contributed by atoms with Crippen LogP contribution >= 0.6 is 12.2 Å². The molecule has 0 aliphatic rings. The molecule has 126 valence electrons. The monoisotopic (exact) mass is 338 g/mol. The Morgan fingerprint density at radius 2 is 1.91 bits per heavy atom. The summed E-state index contributed by atoms with van der Waals surface area (Å²) in [6, 6.07) is 7.33. The summed E-state index contributed by atoms with van der Waals surface area (Å²) >= 11 is 5.10. The Labute approximate surface area is 141 Å². The molecule has 0 aliphatic carbocycles. The Kier molecular flexibility index (Phi) is 8.04. The van der Waals surface area contributed by atoms with Crippen molar-refractivity contribution in [2.24, 2.45) is 5.92 Å². The van der Waals surface area contributed by atoms with Crippen LogP contribution in [0.2, 0.25) is 0 Å². The highest BCUT2D eigenvalue weighted by molar-refractivity contribution is 7.80. The van der Waals surface area contributed by atoms with Crippen molar-refractivity contribution in [1.29, 1.82) is 0 Å². The van der Waals surface area contributed by atoms with E-state index in [1.54, 1.807) is 0 Å². The van der Waals surface area contributed by atoms with Gasteiger partial charge in [0.05, 0.1) is 25.8 Å². The topological polar surface area (TPSA) is 76.7 Å². The molecule has 0 saturated carbocycles. The van der Waals surface area contributed by atoms with Crippen LogP contribution in [-0.4, -0.2) is 30.7 Å². The van der Waals surface area contributed by atoms with E-state index in [-0.39, 0.29) is 23.9 Å². The van der Waals surface area contributed by atoms with Crippen LogP contribution in [0.15, 0.2) is 24.3 Å². The standard InChI is InChI=1S/C16H22N2O4S/c1-11(2)10-22-13-7-5-4-6-12(13)17-16(23)18-14(19)8-9-15(20)21-3/h4-7,11H,8-10H2,1-3H3,(H2,17,18,19,23). The minimum absolute atomic E-state index is 0.0129. The van der Waals surface area contributed by atoms with Crippen molar-refractivity contribution < 1.29 is 19.1 Å². The van der Waals surface area contributed by atoms with E-state index in [4.69, 9.17) is 17.0 Å². The maximum Gasteiger partial charge on any atom is 0.306 e. The number of carbonyl (C=O) groups excluding carboxylic acids is 2. The van der Waals surface area contributed by atoms with Gasteiger partial charge in [-0.25, -0.2) is 0 Å². The van der Waals surface area contributed by atoms with Crippen molar-refractivity contribution in [1.82, 2.24) is 5.32 Å². The summed E-state index contributed by atoms with van der Waals surface area (Å²) in [5.74, 6) is 0.264. The van der Waals surface area contributed by atoms with Crippen molar-refractivity contribution in [2.75, 3.05) is 19.0 Å². The quantitative estimate of drug-likeness (QED) is 0.587. The van der Waals surface area contributed by atoms with Gasteiger partial charge in [-0.15, -0.1) is 0 Å². The molecule has 23 heavy (non-hydrogen) atoms. The highest BCUT2D eigenvalue weighted by atomic mass is 32.1. The van der Waals surface area contributed by atoms with Gasteiger partial charge in [-0.05, 0) is 30.3 Å². The number of amides is 1. The summed E-state index contributed by atoms with van der Waals surface area (Å²) in [7, 11) is 1.28. The number of methoxy groups -OCH3 is 1. The smallest absolute Gasteiger partial charge is 0.306 e. The Morgan fingerprint density at radius 1 is 1.22 bits per heavy atom. The zero-order valence-electron chi connectivity index (χ0n) is 13.5. The number of anilines is 1. The molecule has 0 spiro atoms. The molecule has 0 heterocycles. The Hall–Kier alpha value is -2.15. The molecule has 0 unspecified atom stereocenters. The molecule has 0 fully saturated rings. The molecular weight excluding hydrogens is 316 g/mol. The van der Waals surface area contributed by atoms with Crippen LogP contribution in [0.5, 0.6) is 5.75 Å². The molecule has 0 radical (unpaired) electrons. The molecule has 0 saturated heterocycles. The molecule has 1 aromatic rings. The summed E-state index contributed by atoms with van der Waals surface area (Å²) in [5, 5.41) is 5.60. The average molecular weight is 338 g/mol. The van der Waals surface area contributed by atoms with Gasteiger partial charge >= 0.3 is 5.97 Å². The van der Waals surface area contributed by atoms with Gasteiger partial charge in [-0.1, -0.05) is 26.0 Å². The highest BCUT2D eigenvalue weighted by Crippen LogP contribution is 2.24. The molecular formula is C16H22N2O4S. The molecule has 1 aromatic carbocycles.